The lowest BCUT2D eigenvalue weighted by molar-refractivity contribution is -0.385. The molecule has 0 saturated heterocycles. The highest BCUT2D eigenvalue weighted by atomic mass is 16.6. The highest BCUT2D eigenvalue weighted by Gasteiger charge is 2.15. The minimum atomic E-state index is -0.629. The fraction of sp³-hybridized carbons (Fsp3) is 0.222. The second-order valence-corrected chi connectivity index (χ2v) is 5.69. The number of rotatable bonds is 7. The lowest BCUT2D eigenvalue weighted by Crippen LogP contribution is -2.24. The van der Waals surface area contributed by atoms with Gasteiger partial charge in [-0.25, -0.2) is 5.43 Å². The number of nitro benzene ring substituents is 1. The molecule has 0 radical (unpaired) electrons. The summed E-state index contributed by atoms with van der Waals surface area (Å²) in [6.45, 7) is 3.52. The molecule has 0 aliphatic rings. The van der Waals surface area contributed by atoms with Crippen LogP contribution in [0.3, 0.4) is 0 Å². The third-order valence-corrected chi connectivity index (χ3v) is 3.62. The Kier molecular flexibility index (Phi) is 6.32. The van der Waals surface area contributed by atoms with Gasteiger partial charge in [-0.15, -0.1) is 0 Å². The van der Waals surface area contributed by atoms with Gasteiger partial charge in [0.15, 0.2) is 18.1 Å². The smallest absolute Gasteiger partial charge is 0.277 e. The minimum Gasteiger partial charge on any atom is -0.504 e. The van der Waals surface area contributed by atoms with E-state index in [4.69, 9.17) is 9.47 Å². The fourth-order valence-electron chi connectivity index (χ4n) is 2.19. The standard InChI is InChI=1S/C18H19N3O6/c1-11-4-5-12(2)15(6-11)27-10-17(22)20-19-9-13-7-14(21(24)25)8-16(26-3)18(13)23/h4-9,23H,10H2,1-3H3,(H,20,22)/b19-9-. The van der Waals surface area contributed by atoms with E-state index in [9.17, 15) is 20.0 Å². The molecule has 0 heterocycles. The molecule has 9 nitrogen and oxygen atoms in total. The number of carbonyl (C=O) groups excluding carboxylic acids is 1. The summed E-state index contributed by atoms with van der Waals surface area (Å²) in [7, 11) is 1.27. The van der Waals surface area contributed by atoms with Gasteiger partial charge in [-0.05, 0) is 31.0 Å². The Morgan fingerprint density at radius 2 is 2.04 bits per heavy atom. The second-order valence-electron chi connectivity index (χ2n) is 5.69. The van der Waals surface area contributed by atoms with Gasteiger partial charge in [0.2, 0.25) is 0 Å². The third-order valence-electron chi connectivity index (χ3n) is 3.62. The number of aromatic hydroxyl groups is 1. The molecule has 0 fully saturated rings. The normalized spacial score (nSPS) is 10.6. The van der Waals surface area contributed by atoms with E-state index in [1.54, 1.807) is 0 Å². The number of nitrogens with one attached hydrogen (secondary N) is 1. The number of nitro groups is 1. The molecule has 142 valence electrons. The Labute approximate surface area is 155 Å². The van der Waals surface area contributed by atoms with Crippen molar-refractivity contribution in [1.29, 1.82) is 0 Å². The molecule has 27 heavy (non-hydrogen) atoms. The van der Waals surface area contributed by atoms with Gasteiger partial charge in [-0.2, -0.15) is 5.10 Å². The largest absolute Gasteiger partial charge is 0.504 e. The molecule has 9 heteroatoms. The number of nitrogens with zero attached hydrogens (tertiary/aromatic N) is 2. The van der Waals surface area contributed by atoms with E-state index in [2.05, 4.69) is 10.5 Å². The topological polar surface area (TPSA) is 123 Å². The first kappa shape index (κ1) is 19.7. The number of ether oxygens (including phenoxy) is 2. The van der Waals surface area contributed by atoms with Crippen molar-refractivity contribution in [3.8, 4) is 17.2 Å². The van der Waals surface area contributed by atoms with Crippen molar-refractivity contribution in [2.75, 3.05) is 13.7 Å². The Bertz CT molecular complexity index is 895. The van der Waals surface area contributed by atoms with Gasteiger partial charge in [0.05, 0.1) is 24.3 Å². The van der Waals surface area contributed by atoms with Crippen molar-refractivity contribution in [2.45, 2.75) is 13.8 Å². The van der Waals surface area contributed by atoms with Crippen LogP contribution >= 0.6 is 0 Å². The van der Waals surface area contributed by atoms with E-state index >= 15 is 0 Å². The zero-order valence-electron chi connectivity index (χ0n) is 15.1. The molecule has 0 aliphatic heterocycles. The van der Waals surface area contributed by atoms with Crippen molar-refractivity contribution < 1.29 is 24.3 Å². The Morgan fingerprint density at radius 1 is 1.30 bits per heavy atom. The summed E-state index contributed by atoms with van der Waals surface area (Å²) in [6, 6.07) is 7.84. The molecule has 0 saturated carbocycles. The maximum Gasteiger partial charge on any atom is 0.277 e. The summed E-state index contributed by atoms with van der Waals surface area (Å²) >= 11 is 0. The molecular weight excluding hydrogens is 354 g/mol. The molecular formula is C18H19N3O6. The molecule has 2 N–H and O–H groups in total. The summed E-state index contributed by atoms with van der Waals surface area (Å²) in [6.07, 6.45) is 1.08. The summed E-state index contributed by atoms with van der Waals surface area (Å²) in [5.74, 6) is -0.331. The number of amides is 1. The first-order valence-electron chi connectivity index (χ1n) is 7.89. The molecule has 0 spiro atoms. The zero-order valence-corrected chi connectivity index (χ0v) is 15.1. The second kappa shape index (κ2) is 8.65. The Morgan fingerprint density at radius 3 is 2.70 bits per heavy atom. The molecule has 0 bridgehead atoms. The van der Waals surface area contributed by atoms with Crippen molar-refractivity contribution in [3.05, 3.63) is 57.1 Å². The number of non-ortho nitro benzene ring substituents is 1. The van der Waals surface area contributed by atoms with Gasteiger partial charge in [0.25, 0.3) is 11.6 Å². The number of benzene rings is 2. The van der Waals surface area contributed by atoms with Gasteiger partial charge in [-0.3, -0.25) is 14.9 Å². The average Bonchev–Trinajstić information content (AvgIpc) is 2.63. The fourth-order valence-corrected chi connectivity index (χ4v) is 2.19. The molecule has 0 aliphatic carbocycles. The summed E-state index contributed by atoms with van der Waals surface area (Å²) in [4.78, 5) is 22.1. The maximum absolute atomic E-state index is 11.8. The van der Waals surface area contributed by atoms with E-state index in [0.717, 1.165) is 29.5 Å². The van der Waals surface area contributed by atoms with Gasteiger partial charge < -0.3 is 14.6 Å². The SMILES string of the molecule is COc1cc([N+](=O)[O-])cc(/C=N\NC(=O)COc2cc(C)ccc2C)c1O. The number of phenols is 1. The first-order chi connectivity index (χ1) is 12.8. The number of phenolic OH excluding ortho intramolecular Hbond substituents is 1. The highest BCUT2D eigenvalue weighted by molar-refractivity contribution is 5.87. The first-order valence-corrected chi connectivity index (χ1v) is 7.89. The van der Waals surface area contributed by atoms with Crippen molar-refractivity contribution in [1.82, 2.24) is 5.43 Å². The minimum absolute atomic E-state index is 0.0248. The molecule has 0 aromatic heterocycles. The van der Waals surface area contributed by atoms with E-state index in [1.807, 2.05) is 32.0 Å². The van der Waals surface area contributed by atoms with Crippen LogP contribution in [0.2, 0.25) is 0 Å². The van der Waals surface area contributed by atoms with E-state index in [1.165, 1.54) is 7.11 Å². The zero-order chi connectivity index (χ0) is 20.0. The molecule has 0 atom stereocenters. The predicted octanol–water partition coefficient (Wildman–Crippen LogP) is 2.45. The average molecular weight is 373 g/mol. The molecule has 0 unspecified atom stereocenters. The lowest BCUT2D eigenvalue weighted by atomic mass is 10.1. The van der Waals surface area contributed by atoms with Crippen LogP contribution in [0, 0.1) is 24.0 Å². The van der Waals surface area contributed by atoms with Gasteiger partial charge in [0.1, 0.15) is 5.75 Å². The number of hydrazone groups is 1. The van der Waals surface area contributed by atoms with Gasteiger partial charge >= 0.3 is 0 Å². The summed E-state index contributed by atoms with van der Waals surface area (Å²) in [5.41, 5.74) is 3.87. The lowest BCUT2D eigenvalue weighted by Gasteiger charge is -2.09. The highest BCUT2D eigenvalue weighted by Crippen LogP contribution is 2.33. The van der Waals surface area contributed by atoms with Crippen molar-refractivity contribution >= 4 is 17.8 Å². The monoisotopic (exact) mass is 373 g/mol. The van der Waals surface area contributed by atoms with Crippen LogP contribution in [0.5, 0.6) is 17.2 Å². The molecule has 1 amide bonds. The summed E-state index contributed by atoms with van der Waals surface area (Å²) < 4.78 is 10.3. The number of carbonyl (C=O) groups is 1. The summed E-state index contributed by atoms with van der Waals surface area (Å²) in [5, 5.41) is 24.6. The quantitative estimate of drug-likeness (QED) is 0.436. The molecule has 2 aromatic carbocycles. The van der Waals surface area contributed by atoms with Crippen LogP contribution in [0.4, 0.5) is 5.69 Å². The van der Waals surface area contributed by atoms with Crippen LogP contribution in [-0.2, 0) is 4.79 Å². The van der Waals surface area contributed by atoms with E-state index in [0.29, 0.717) is 5.75 Å². The van der Waals surface area contributed by atoms with Gasteiger partial charge in [0, 0.05) is 11.6 Å². The van der Waals surface area contributed by atoms with E-state index < -0.39 is 10.8 Å². The van der Waals surface area contributed by atoms with Crippen LogP contribution in [-0.4, -0.2) is 35.9 Å². The van der Waals surface area contributed by atoms with Gasteiger partial charge in [-0.1, -0.05) is 12.1 Å². The number of hydrogen-bond acceptors (Lipinski definition) is 7. The van der Waals surface area contributed by atoms with Crippen LogP contribution in [0.15, 0.2) is 35.4 Å². The van der Waals surface area contributed by atoms with Crippen LogP contribution < -0.4 is 14.9 Å². The van der Waals surface area contributed by atoms with Crippen molar-refractivity contribution in [2.24, 2.45) is 5.10 Å². The van der Waals surface area contributed by atoms with E-state index in [-0.39, 0.29) is 29.4 Å². The molecule has 2 rings (SSSR count). The Hall–Kier alpha value is -3.62. The third kappa shape index (κ3) is 5.18. The van der Waals surface area contributed by atoms with Crippen LogP contribution in [0.1, 0.15) is 16.7 Å². The Balaban J connectivity index is 2.02. The van der Waals surface area contributed by atoms with Crippen LogP contribution in [0.25, 0.3) is 0 Å². The predicted molar refractivity (Wildman–Crippen MR) is 98.5 cm³/mol. The van der Waals surface area contributed by atoms with Crippen molar-refractivity contribution in [3.63, 3.8) is 0 Å². The number of methoxy groups -OCH3 is 1. The molecule has 2 aromatic rings. The maximum atomic E-state index is 11.8. The number of aryl methyl sites for hydroxylation is 2. The number of hydrogen-bond donors (Lipinski definition) is 2.